The van der Waals surface area contributed by atoms with Gasteiger partial charge in [0.15, 0.2) is 5.82 Å². The maximum atomic E-state index is 6.03. The normalized spacial score (nSPS) is 10.7. The molecule has 1 aromatic heterocycles. The van der Waals surface area contributed by atoms with E-state index in [0.717, 1.165) is 27.9 Å². The highest BCUT2D eigenvalue weighted by Gasteiger charge is 2.09. The molecule has 0 saturated heterocycles. The standard InChI is InChI=1S/C16H15N3O/c1-10-9-11(7-8-14(10)20-2)15-16(17)19-13-6-4-3-5-12(13)18-15/h3-9H,1-2H3,(H2,17,19). The summed E-state index contributed by atoms with van der Waals surface area (Å²) in [5.74, 6) is 1.29. The number of nitrogen functional groups attached to an aromatic ring is 1. The fourth-order valence-corrected chi connectivity index (χ4v) is 2.25. The van der Waals surface area contributed by atoms with Crippen LogP contribution in [0.3, 0.4) is 0 Å². The van der Waals surface area contributed by atoms with E-state index >= 15 is 0 Å². The molecule has 0 aliphatic carbocycles. The number of hydrogen-bond donors (Lipinski definition) is 1. The smallest absolute Gasteiger partial charge is 0.150 e. The van der Waals surface area contributed by atoms with Crippen LogP contribution in [0.25, 0.3) is 22.3 Å². The quantitative estimate of drug-likeness (QED) is 0.773. The molecule has 20 heavy (non-hydrogen) atoms. The summed E-state index contributed by atoms with van der Waals surface area (Å²) in [5.41, 5.74) is 10.4. The molecule has 0 unspecified atom stereocenters. The van der Waals surface area contributed by atoms with Gasteiger partial charge in [0, 0.05) is 5.56 Å². The highest BCUT2D eigenvalue weighted by Crippen LogP contribution is 2.28. The van der Waals surface area contributed by atoms with Crippen molar-refractivity contribution < 1.29 is 4.74 Å². The summed E-state index contributed by atoms with van der Waals surface area (Å²) in [6.07, 6.45) is 0. The summed E-state index contributed by atoms with van der Waals surface area (Å²) in [7, 11) is 1.66. The second-order valence-corrected chi connectivity index (χ2v) is 4.63. The number of para-hydroxylation sites is 2. The van der Waals surface area contributed by atoms with Crippen LogP contribution in [-0.2, 0) is 0 Å². The van der Waals surface area contributed by atoms with Gasteiger partial charge in [-0.1, -0.05) is 12.1 Å². The first-order valence-electron chi connectivity index (χ1n) is 6.36. The zero-order chi connectivity index (χ0) is 14.1. The van der Waals surface area contributed by atoms with Crippen molar-refractivity contribution in [3.05, 3.63) is 48.0 Å². The third kappa shape index (κ3) is 2.05. The van der Waals surface area contributed by atoms with Crippen molar-refractivity contribution in [2.45, 2.75) is 6.92 Å². The fourth-order valence-electron chi connectivity index (χ4n) is 2.25. The molecule has 0 atom stereocenters. The number of rotatable bonds is 2. The van der Waals surface area contributed by atoms with E-state index < -0.39 is 0 Å². The zero-order valence-electron chi connectivity index (χ0n) is 11.4. The molecule has 0 aliphatic rings. The number of benzene rings is 2. The maximum Gasteiger partial charge on any atom is 0.150 e. The van der Waals surface area contributed by atoms with Gasteiger partial charge in [-0.3, -0.25) is 0 Å². The van der Waals surface area contributed by atoms with Gasteiger partial charge < -0.3 is 10.5 Å². The van der Waals surface area contributed by atoms with Crippen LogP contribution in [0.15, 0.2) is 42.5 Å². The Kier molecular flexibility index (Phi) is 2.99. The second-order valence-electron chi connectivity index (χ2n) is 4.63. The molecular formula is C16H15N3O. The molecular weight excluding hydrogens is 250 g/mol. The van der Waals surface area contributed by atoms with Gasteiger partial charge in [-0.15, -0.1) is 0 Å². The van der Waals surface area contributed by atoms with Gasteiger partial charge >= 0.3 is 0 Å². The largest absolute Gasteiger partial charge is 0.496 e. The molecule has 4 heteroatoms. The highest BCUT2D eigenvalue weighted by molar-refractivity contribution is 5.82. The summed E-state index contributed by atoms with van der Waals surface area (Å²) in [4.78, 5) is 9.02. The molecule has 3 rings (SSSR count). The van der Waals surface area contributed by atoms with Crippen molar-refractivity contribution in [2.24, 2.45) is 0 Å². The Hall–Kier alpha value is -2.62. The van der Waals surface area contributed by atoms with E-state index in [1.54, 1.807) is 7.11 Å². The first kappa shape index (κ1) is 12.4. The summed E-state index contributed by atoms with van der Waals surface area (Å²) < 4.78 is 5.27. The lowest BCUT2D eigenvalue weighted by Crippen LogP contribution is -1.99. The summed E-state index contributed by atoms with van der Waals surface area (Å²) in [5, 5.41) is 0. The Balaban J connectivity index is 2.18. The van der Waals surface area contributed by atoms with Gasteiger partial charge in [0.25, 0.3) is 0 Å². The van der Waals surface area contributed by atoms with E-state index in [1.807, 2.05) is 49.4 Å². The molecule has 1 heterocycles. The van der Waals surface area contributed by atoms with E-state index in [1.165, 1.54) is 0 Å². The number of methoxy groups -OCH3 is 1. The third-order valence-electron chi connectivity index (χ3n) is 3.27. The van der Waals surface area contributed by atoms with Crippen LogP contribution in [0, 0.1) is 6.92 Å². The molecule has 0 aliphatic heterocycles. The molecule has 0 fully saturated rings. The van der Waals surface area contributed by atoms with Crippen molar-refractivity contribution in [3.63, 3.8) is 0 Å². The number of aromatic nitrogens is 2. The Labute approximate surface area is 117 Å². The van der Waals surface area contributed by atoms with Gasteiger partial charge in [-0.05, 0) is 42.8 Å². The number of fused-ring (bicyclic) bond motifs is 1. The first-order valence-corrected chi connectivity index (χ1v) is 6.36. The summed E-state index contributed by atoms with van der Waals surface area (Å²) >= 11 is 0. The number of ether oxygens (including phenoxy) is 1. The van der Waals surface area contributed by atoms with Crippen LogP contribution in [0.4, 0.5) is 5.82 Å². The number of aryl methyl sites for hydroxylation is 1. The second kappa shape index (κ2) is 4.81. The van der Waals surface area contributed by atoms with Crippen LogP contribution in [0.1, 0.15) is 5.56 Å². The Bertz CT molecular complexity index is 784. The topological polar surface area (TPSA) is 61.0 Å². The molecule has 2 aromatic carbocycles. The van der Waals surface area contributed by atoms with Crippen molar-refractivity contribution in [1.29, 1.82) is 0 Å². The summed E-state index contributed by atoms with van der Waals surface area (Å²) in [6.45, 7) is 1.99. The van der Waals surface area contributed by atoms with E-state index in [0.29, 0.717) is 11.5 Å². The first-order chi connectivity index (χ1) is 9.69. The fraction of sp³-hybridized carbons (Fsp3) is 0.125. The molecule has 2 N–H and O–H groups in total. The van der Waals surface area contributed by atoms with Gasteiger partial charge in [0.1, 0.15) is 11.4 Å². The van der Waals surface area contributed by atoms with Crippen LogP contribution in [0.2, 0.25) is 0 Å². The zero-order valence-corrected chi connectivity index (χ0v) is 11.4. The van der Waals surface area contributed by atoms with E-state index in [-0.39, 0.29) is 0 Å². The Morgan fingerprint density at radius 3 is 2.35 bits per heavy atom. The highest BCUT2D eigenvalue weighted by atomic mass is 16.5. The lowest BCUT2D eigenvalue weighted by molar-refractivity contribution is 0.412. The van der Waals surface area contributed by atoms with E-state index in [9.17, 15) is 0 Å². The number of nitrogens with zero attached hydrogens (tertiary/aromatic N) is 2. The van der Waals surface area contributed by atoms with Crippen molar-refractivity contribution in [3.8, 4) is 17.0 Å². The van der Waals surface area contributed by atoms with Gasteiger partial charge in [-0.2, -0.15) is 0 Å². The van der Waals surface area contributed by atoms with Crippen LogP contribution in [0.5, 0.6) is 5.75 Å². The number of nitrogens with two attached hydrogens (primary N) is 1. The minimum Gasteiger partial charge on any atom is -0.496 e. The summed E-state index contributed by atoms with van der Waals surface area (Å²) in [6, 6.07) is 13.6. The minimum atomic E-state index is 0.438. The lowest BCUT2D eigenvalue weighted by atomic mass is 10.1. The predicted octanol–water partition coefficient (Wildman–Crippen LogP) is 3.20. The van der Waals surface area contributed by atoms with Gasteiger partial charge in [0.2, 0.25) is 0 Å². The Morgan fingerprint density at radius 1 is 1.00 bits per heavy atom. The lowest BCUT2D eigenvalue weighted by Gasteiger charge is -2.09. The van der Waals surface area contributed by atoms with Crippen molar-refractivity contribution in [2.75, 3.05) is 12.8 Å². The average molecular weight is 265 g/mol. The molecule has 3 aromatic rings. The molecule has 0 bridgehead atoms. The SMILES string of the molecule is COc1ccc(-c2nc3ccccc3nc2N)cc1C. The maximum absolute atomic E-state index is 6.03. The third-order valence-corrected chi connectivity index (χ3v) is 3.27. The molecule has 0 amide bonds. The van der Waals surface area contributed by atoms with Crippen LogP contribution < -0.4 is 10.5 Å². The number of hydrogen-bond acceptors (Lipinski definition) is 4. The van der Waals surface area contributed by atoms with Gasteiger partial charge in [0.05, 0.1) is 18.1 Å². The monoisotopic (exact) mass is 265 g/mol. The molecule has 4 nitrogen and oxygen atoms in total. The molecule has 0 spiro atoms. The average Bonchev–Trinajstić information content (AvgIpc) is 2.46. The molecule has 100 valence electrons. The van der Waals surface area contributed by atoms with Crippen molar-refractivity contribution in [1.82, 2.24) is 9.97 Å². The van der Waals surface area contributed by atoms with Crippen LogP contribution >= 0.6 is 0 Å². The molecule has 0 radical (unpaired) electrons. The number of anilines is 1. The van der Waals surface area contributed by atoms with Crippen LogP contribution in [-0.4, -0.2) is 17.1 Å². The van der Waals surface area contributed by atoms with E-state index in [4.69, 9.17) is 10.5 Å². The predicted molar refractivity (Wildman–Crippen MR) is 80.7 cm³/mol. The Morgan fingerprint density at radius 2 is 1.70 bits per heavy atom. The van der Waals surface area contributed by atoms with Crippen molar-refractivity contribution >= 4 is 16.9 Å². The van der Waals surface area contributed by atoms with E-state index in [2.05, 4.69) is 9.97 Å². The van der Waals surface area contributed by atoms with Gasteiger partial charge in [-0.25, -0.2) is 9.97 Å². The minimum absolute atomic E-state index is 0.438. The molecule has 0 saturated carbocycles.